The number of benzene rings is 1. The van der Waals surface area contributed by atoms with Gasteiger partial charge in [-0.15, -0.1) is 0 Å². The molecule has 1 aliphatic heterocycles. The molecule has 0 atom stereocenters. The fraction of sp³-hybridized carbons (Fsp3) is 0.429. The van der Waals surface area contributed by atoms with Crippen molar-refractivity contribution in [3.8, 4) is 0 Å². The maximum Gasteiger partial charge on any atom is 0.261 e. The Balaban J connectivity index is 1.93. The Morgan fingerprint density at radius 3 is 2.22 bits per heavy atom. The molecule has 0 aromatic heterocycles. The van der Waals surface area contributed by atoms with Crippen molar-refractivity contribution in [1.82, 2.24) is 4.90 Å². The number of hydrogen-bond acceptors (Lipinski definition) is 3. The van der Waals surface area contributed by atoms with E-state index in [0.29, 0.717) is 30.9 Å². The van der Waals surface area contributed by atoms with Gasteiger partial charge in [-0.1, -0.05) is 25.5 Å². The first kappa shape index (κ1) is 12.8. The van der Waals surface area contributed by atoms with Crippen molar-refractivity contribution in [3.63, 3.8) is 0 Å². The van der Waals surface area contributed by atoms with Crippen LogP contribution in [0.5, 0.6) is 0 Å². The summed E-state index contributed by atoms with van der Waals surface area (Å²) in [5.74, 6) is -0.426. The SMILES string of the molecule is CCCCOCCN1C(=O)c2ccccc2C1=O. The summed E-state index contributed by atoms with van der Waals surface area (Å²) >= 11 is 0. The van der Waals surface area contributed by atoms with Crippen molar-refractivity contribution in [2.75, 3.05) is 19.8 Å². The lowest BCUT2D eigenvalue weighted by Gasteiger charge is -2.13. The highest BCUT2D eigenvalue weighted by molar-refractivity contribution is 6.21. The van der Waals surface area contributed by atoms with E-state index in [-0.39, 0.29) is 11.8 Å². The van der Waals surface area contributed by atoms with Gasteiger partial charge >= 0.3 is 0 Å². The molecule has 0 bridgehead atoms. The lowest BCUT2D eigenvalue weighted by Crippen LogP contribution is -2.33. The van der Waals surface area contributed by atoms with Crippen LogP contribution in [0.1, 0.15) is 40.5 Å². The number of carbonyl (C=O) groups excluding carboxylic acids is 2. The second kappa shape index (κ2) is 5.78. The Morgan fingerprint density at radius 1 is 1.06 bits per heavy atom. The molecule has 0 unspecified atom stereocenters. The minimum Gasteiger partial charge on any atom is -0.380 e. The summed E-state index contributed by atoms with van der Waals surface area (Å²) in [4.78, 5) is 25.2. The van der Waals surface area contributed by atoms with Crippen LogP contribution in [-0.2, 0) is 4.74 Å². The van der Waals surface area contributed by atoms with Crippen LogP contribution in [0.2, 0.25) is 0 Å². The molecule has 96 valence electrons. The third-order valence-corrected chi connectivity index (χ3v) is 2.98. The largest absolute Gasteiger partial charge is 0.380 e. The molecule has 0 spiro atoms. The molecule has 18 heavy (non-hydrogen) atoms. The van der Waals surface area contributed by atoms with Crippen molar-refractivity contribution in [1.29, 1.82) is 0 Å². The number of rotatable bonds is 6. The molecule has 1 aromatic rings. The molecule has 2 amide bonds. The van der Waals surface area contributed by atoms with Crippen molar-refractivity contribution in [2.24, 2.45) is 0 Å². The smallest absolute Gasteiger partial charge is 0.261 e. The number of amides is 2. The molecule has 0 aliphatic carbocycles. The van der Waals surface area contributed by atoms with Crippen LogP contribution in [0.3, 0.4) is 0 Å². The summed E-state index contributed by atoms with van der Waals surface area (Å²) in [5.41, 5.74) is 0.993. The highest BCUT2D eigenvalue weighted by Crippen LogP contribution is 2.21. The molecule has 1 heterocycles. The molecule has 2 rings (SSSR count). The summed E-state index contributed by atoms with van der Waals surface area (Å²) < 4.78 is 5.39. The normalized spacial score (nSPS) is 14.2. The van der Waals surface area contributed by atoms with Crippen LogP contribution < -0.4 is 0 Å². The maximum absolute atomic E-state index is 12.0. The Kier molecular flexibility index (Phi) is 4.10. The highest BCUT2D eigenvalue weighted by Gasteiger charge is 2.34. The molecule has 0 N–H and O–H groups in total. The predicted molar refractivity (Wildman–Crippen MR) is 67.5 cm³/mol. The summed E-state index contributed by atoms with van der Waals surface area (Å²) in [6, 6.07) is 6.91. The number of carbonyl (C=O) groups is 2. The Hall–Kier alpha value is -1.68. The van der Waals surface area contributed by atoms with Crippen molar-refractivity contribution in [3.05, 3.63) is 35.4 Å². The van der Waals surface area contributed by atoms with E-state index in [1.807, 2.05) is 0 Å². The molecule has 1 aliphatic rings. The molecule has 4 heteroatoms. The fourth-order valence-corrected chi connectivity index (χ4v) is 1.95. The van der Waals surface area contributed by atoms with Gasteiger partial charge in [0.25, 0.3) is 11.8 Å². The molecular weight excluding hydrogens is 230 g/mol. The van der Waals surface area contributed by atoms with Crippen LogP contribution in [0, 0.1) is 0 Å². The van der Waals surface area contributed by atoms with E-state index >= 15 is 0 Å². The minimum absolute atomic E-state index is 0.213. The topological polar surface area (TPSA) is 46.6 Å². The average molecular weight is 247 g/mol. The van der Waals surface area contributed by atoms with E-state index in [4.69, 9.17) is 4.74 Å². The van der Waals surface area contributed by atoms with Gasteiger partial charge in [0.1, 0.15) is 0 Å². The van der Waals surface area contributed by atoms with Gasteiger partial charge in [0.05, 0.1) is 24.3 Å². The third kappa shape index (κ3) is 2.43. The number of ether oxygens (including phenoxy) is 1. The highest BCUT2D eigenvalue weighted by atomic mass is 16.5. The fourth-order valence-electron chi connectivity index (χ4n) is 1.95. The zero-order valence-corrected chi connectivity index (χ0v) is 10.5. The molecule has 0 saturated heterocycles. The Morgan fingerprint density at radius 2 is 1.67 bits per heavy atom. The first-order valence-corrected chi connectivity index (χ1v) is 6.28. The van der Waals surface area contributed by atoms with E-state index < -0.39 is 0 Å². The third-order valence-electron chi connectivity index (χ3n) is 2.98. The summed E-state index contributed by atoms with van der Waals surface area (Å²) in [7, 11) is 0. The minimum atomic E-state index is -0.213. The zero-order chi connectivity index (χ0) is 13.0. The second-order valence-corrected chi connectivity index (χ2v) is 4.27. The summed E-state index contributed by atoms with van der Waals surface area (Å²) in [6.07, 6.45) is 2.08. The van der Waals surface area contributed by atoms with Crippen molar-refractivity contribution < 1.29 is 14.3 Å². The first-order valence-electron chi connectivity index (χ1n) is 6.28. The van der Waals surface area contributed by atoms with E-state index in [0.717, 1.165) is 12.8 Å². The number of nitrogens with zero attached hydrogens (tertiary/aromatic N) is 1. The zero-order valence-electron chi connectivity index (χ0n) is 10.5. The Bertz CT molecular complexity index is 421. The van der Waals surface area contributed by atoms with Gasteiger partial charge in [-0.2, -0.15) is 0 Å². The lowest BCUT2D eigenvalue weighted by molar-refractivity contribution is 0.0561. The quantitative estimate of drug-likeness (QED) is 0.571. The van der Waals surface area contributed by atoms with Gasteiger partial charge in [0.15, 0.2) is 0 Å². The van der Waals surface area contributed by atoms with E-state index in [1.165, 1.54) is 4.90 Å². The van der Waals surface area contributed by atoms with Crippen LogP contribution in [0.15, 0.2) is 24.3 Å². The van der Waals surface area contributed by atoms with Crippen LogP contribution in [0.25, 0.3) is 0 Å². The standard InChI is InChI=1S/C14H17NO3/c1-2-3-9-18-10-8-15-13(16)11-6-4-5-7-12(11)14(15)17/h4-7H,2-3,8-10H2,1H3. The molecule has 4 nitrogen and oxygen atoms in total. The maximum atomic E-state index is 12.0. The average Bonchev–Trinajstić information content (AvgIpc) is 2.64. The van der Waals surface area contributed by atoms with Crippen molar-refractivity contribution >= 4 is 11.8 Å². The monoisotopic (exact) mass is 247 g/mol. The van der Waals surface area contributed by atoms with Gasteiger partial charge in [-0.25, -0.2) is 0 Å². The van der Waals surface area contributed by atoms with E-state index in [2.05, 4.69) is 6.92 Å². The van der Waals surface area contributed by atoms with E-state index in [9.17, 15) is 9.59 Å². The van der Waals surface area contributed by atoms with E-state index in [1.54, 1.807) is 24.3 Å². The van der Waals surface area contributed by atoms with Gasteiger partial charge in [-0.05, 0) is 18.6 Å². The predicted octanol–water partition coefficient (Wildman–Crippen LogP) is 2.10. The van der Waals surface area contributed by atoms with Gasteiger partial charge in [0.2, 0.25) is 0 Å². The number of unbranched alkanes of at least 4 members (excludes halogenated alkanes) is 1. The molecule has 0 saturated carbocycles. The number of fused-ring (bicyclic) bond motifs is 1. The molecule has 0 radical (unpaired) electrons. The first-order chi connectivity index (χ1) is 8.75. The van der Waals surface area contributed by atoms with Crippen LogP contribution >= 0.6 is 0 Å². The van der Waals surface area contributed by atoms with Crippen LogP contribution in [0.4, 0.5) is 0 Å². The summed E-state index contributed by atoms with van der Waals surface area (Å²) in [6.45, 7) is 3.51. The molecule has 0 fully saturated rings. The van der Waals surface area contributed by atoms with Crippen LogP contribution in [-0.4, -0.2) is 36.5 Å². The Labute approximate surface area is 107 Å². The van der Waals surface area contributed by atoms with Gasteiger partial charge in [0, 0.05) is 6.61 Å². The number of imide groups is 1. The molecule has 1 aromatic carbocycles. The summed E-state index contributed by atoms with van der Waals surface area (Å²) in [5, 5.41) is 0. The second-order valence-electron chi connectivity index (χ2n) is 4.27. The molecular formula is C14H17NO3. The number of hydrogen-bond donors (Lipinski definition) is 0. The van der Waals surface area contributed by atoms with Crippen molar-refractivity contribution in [2.45, 2.75) is 19.8 Å². The lowest BCUT2D eigenvalue weighted by atomic mass is 10.1. The van der Waals surface area contributed by atoms with Gasteiger partial charge < -0.3 is 4.74 Å². The van der Waals surface area contributed by atoms with Gasteiger partial charge in [-0.3, -0.25) is 14.5 Å².